The van der Waals surface area contributed by atoms with Crippen molar-refractivity contribution in [2.75, 3.05) is 0 Å². The van der Waals surface area contributed by atoms with E-state index >= 15 is 0 Å². The quantitative estimate of drug-likeness (QED) is 0.338. The number of carbonyl (C=O) groups excluding carboxylic acids is 1. The largest absolute Gasteiger partial charge is 1.00 e. The molecule has 0 spiro atoms. The maximum absolute atomic E-state index is 10.2. The topological polar surface area (TPSA) is 54.4 Å². The van der Waals surface area contributed by atoms with Gasteiger partial charge in [-0.1, -0.05) is 0 Å². The Morgan fingerprint density at radius 2 is 1.89 bits per heavy atom. The van der Waals surface area contributed by atoms with Crippen LogP contribution in [0, 0.1) is 5.92 Å². The molecule has 3 nitrogen and oxygen atoms in total. The summed E-state index contributed by atoms with van der Waals surface area (Å²) < 4.78 is 0. The van der Waals surface area contributed by atoms with E-state index in [0.717, 1.165) is 0 Å². The summed E-state index contributed by atoms with van der Waals surface area (Å²) in [7, 11) is 0. The molecule has 0 radical (unpaired) electrons. The second-order valence-corrected chi connectivity index (χ2v) is 1.67. The fourth-order valence-corrected chi connectivity index (χ4v) is 0.174. The van der Waals surface area contributed by atoms with Crippen molar-refractivity contribution in [2.45, 2.75) is 13.8 Å². The van der Waals surface area contributed by atoms with Gasteiger partial charge in [0.25, 0.3) is 0 Å². The molecule has 48 valence electrons. The molecule has 1 unspecified atom stereocenters. The van der Waals surface area contributed by atoms with Crippen LogP contribution in [0.4, 0.5) is 0 Å². The number of hydrogen-bond donors (Lipinski definition) is 1. The summed E-state index contributed by atoms with van der Waals surface area (Å²) in [5.74, 6) is -2.22. The first-order valence-corrected chi connectivity index (χ1v) is 2.29. The van der Waals surface area contributed by atoms with Gasteiger partial charge in [0, 0.05) is 0 Å². The van der Waals surface area contributed by atoms with Crippen LogP contribution in [0.5, 0.6) is 0 Å². The van der Waals surface area contributed by atoms with Crippen LogP contribution < -0.4 is 29.6 Å². The van der Waals surface area contributed by atoms with Gasteiger partial charge in [-0.05, 0) is 13.8 Å². The van der Waals surface area contributed by atoms with Gasteiger partial charge in [0.05, 0.1) is 0 Å². The first kappa shape index (κ1) is 11.9. The molecule has 0 aromatic carbocycles. The van der Waals surface area contributed by atoms with Gasteiger partial charge in [-0.3, -0.25) is 9.59 Å². The molecule has 1 N–H and O–H groups in total. The monoisotopic (exact) mass is 140 g/mol. The molecule has 0 rings (SSSR count). The summed E-state index contributed by atoms with van der Waals surface area (Å²) in [4.78, 5) is 20.1. The van der Waals surface area contributed by atoms with Crippen molar-refractivity contribution in [2.24, 2.45) is 5.92 Å². The van der Waals surface area contributed by atoms with Gasteiger partial charge in [-0.25, -0.2) is 0 Å². The molecule has 0 saturated heterocycles. The zero-order valence-electron chi connectivity index (χ0n) is 6.84. The van der Waals surface area contributed by atoms with Crippen molar-refractivity contribution in [3.05, 3.63) is 0 Å². The van der Waals surface area contributed by atoms with E-state index in [0.29, 0.717) is 0 Å². The van der Waals surface area contributed by atoms with Gasteiger partial charge >= 0.3 is 35.5 Å². The standard InChI is InChI=1S/C5H8O3.Na.H/c1-3(4(2)6)5(7)8;;/h3H,1-2H3,(H,7,8);;/q;+1;-1. The fraction of sp³-hybridized carbons (Fsp3) is 0.600. The summed E-state index contributed by atoms with van der Waals surface area (Å²) in [5, 5.41) is 8.13. The van der Waals surface area contributed by atoms with E-state index in [1.807, 2.05) is 0 Å². The van der Waals surface area contributed by atoms with E-state index in [2.05, 4.69) is 0 Å². The summed E-state index contributed by atoms with van der Waals surface area (Å²) >= 11 is 0. The van der Waals surface area contributed by atoms with Gasteiger partial charge in [-0.2, -0.15) is 0 Å². The van der Waals surface area contributed by atoms with Crippen molar-refractivity contribution in [3.8, 4) is 0 Å². The molecule has 0 aromatic rings. The molecule has 9 heavy (non-hydrogen) atoms. The smallest absolute Gasteiger partial charge is 1.00 e. The molecule has 0 aliphatic heterocycles. The third kappa shape index (κ3) is 4.63. The molecule has 4 heteroatoms. The summed E-state index contributed by atoms with van der Waals surface area (Å²) in [6, 6.07) is 0. The average molecular weight is 140 g/mol. The first-order valence-electron chi connectivity index (χ1n) is 2.29. The van der Waals surface area contributed by atoms with Crippen molar-refractivity contribution in [1.82, 2.24) is 0 Å². The van der Waals surface area contributed by atoms with Gasteiger partial charge in [0.1, 0.15) is 11.7 Å². The van der Waals surface area contributed by atoms with Gasteiger partial charge in [0.2, 0.25) is 0 Å². The number of carbonyl (C=O) groups is 2. The number of rotatable bonds is 2. The minimum atomic E-state index is -1.06. The van der Waals surface area contributed by atoms with E-state index in [9.17, 15) is 9.59 Å². The van der Waals surface area contributed by atoms with Crippen LogP contribution in [0.1, 0.15) is 15.3 Å². The van der Waals surface area contributed by atoms with Crippen molar-refractivity contribution >= 4 is 11.8 Å². The van der Waals surface area contributed by atoms with Crippen LogP contribution in [0.3, 0.4) is 0 Å². The molecule has 0 heterocycles. The van der Waals surface area contributed by atoms with E-state index < -0.39 is 11.9 Å². The molecule has 0 amide bonds. The van der Waals surface area contributed by atoms with E-state index in [1.54, 1.807) is 0 Å². The SMILES string of the molecule is CC(=O)C(C)C(=O)O.[H-].[Na+]. The van der Waals surface area contributed by atoms with Crippen LogP contribution >= 0.6 is 0 Å². The Morgan fingerprint density at radius 3 is 1.89 bits per heavy atom. The van der Waals surface area contributed by atoms with Crippen LogP contribution in [-0.4, -0.2) is 16.9 Å². The number of carboxylic acid groups (broad SMARTS) is 1. The zero-order chi connectivity index (χ0) is 6.73. The minimum absolute atomic E-state index is 0. The Labute approximate surface area is 77.2 Å². The summed E-state index contributed by atoms with van der Waals surface area (Å²) in [5.41, 5.74) is 0. The van der Waals surface area contributed by atoms with Gasteiger partial charge < -0.3 is 6.53 Å². The molecule has 0 bridgehead atoms. The number of ketones is 1. The van der Waals surface area contributed by atoms with Crippen molar-refractivity contribution in [3.63, 3.8) is 0 Å². The predicted molar refractivity (Wildman–Crippen MR) is 28.6 cm³/mol. The summed E-state index contributed by atoms with van der Waals surface area (Å²) in [6.07, 6.45) is 0. The normalized spacial score (nSPS) is 11.3. The molecule has 1 atom stereocenters. The molecular weight excluding hydrogens is 131 g/mol. The maximum atomic E-state index is 10.2. The second kappa shape index (κ2) is 4.97. The minimum Gasteiger partial charge on any atom is -1.00 e. The maximum Gasteiger partial charge on any atom is 1.00 e. The Balaban J connectivity index is -0.000000245. The Kier molecular flexibility index (Phi) is 6.56. The predicted octanol–water partition coefficient (Wildman–Crippen LogP) is -2.59. The van der Waals surface area contributed by atoms with Crippen molar-refractivity contribution < 1.29 is 45.7 Å². The number of hydrogen-bond acceptors (Lipinski definition) is 2. The van der Waals surface area contributed by atoms with E-state index in [4.69, 9.17) is 5.11 Å². The van der Waals surface area contributed by atoms with E-state index in [1.165, 1.54) is 13.8 Å². The molecule has 0 aliphatic carbocycles. The van der Waals surface area contributed by atoms with Crippen LogP contribution in [0.15, 0.2) is 0 Å². The second-order valence-electron chi connectivity index (χ2n) is 1.67. The number of aliphatic carboxylic acids is 1. The third-order valence-corrected chi connectivity index (χ3v) is 0.980. The van der Waals surface area contributed by atoms with Crippen LogP contribution in [0.2, 0.25) is 0 Å². The summed E-state index contributed by atoms with van der Waals surface area (Å²) in [6.45, 7) is 2.63. The third-order valence-electron chi connectivity index (χ3n) is 0.980. The Morgan fingerprint density at radius 1 is 1.56 bits per heavy atom. The molecular formula is C5H9NaO3. The van der Waals surface area contributed by atoms with Crippen molar-refractivity contribution in [1.29, 1.82) is 0 Å². The Bertz CT molecular complexity index is 112. The average Bonchev–Trinajstić information content (AvgIpc) is 1.64. The van der Waals surface area contributed by atoms with Crippen LogP contribution in [-0.2, 0) is 9.59 Å². The molecule has 0 aliphatic rings. The molecule has 0 saturated carbocycles. The zero-order valence-corrected chi connectivity index (χ0v) is 7.84. The first-order chi connectivity index (χ1) is 3.55. The fourth-order valence-electron chi connectivity index (χ4n) is 0.174. The molecule has 0 aromatic heterocycles. The number of carboxylic acids is 1. The van der Waals surface area contributed by atoms with Gasteiger partial charge in [0.15, 0.2) is 0 Å². The van der Waals surface area contributed by atoms with E-state index in [-0.39, 0.29) is 36.8 Å². The number of Topliss-reactive ketones (excluding diaryl/α,β-unsaturated/α-hetero) is 1. The van der Waals surface area contributed by atoms with Gasteiger partial charge in [-0.15, -0.1) is 0 Å². The Hall–Kier alpha value is 0.140. The van der Waals surface area contributed by atoms with Crippen LogP contribution in [0.25, 0.3) is 0 Å². The molecule has 0 fully saturated rings.